The second kappa shape index (κ2) is 9.86. The molecule has 1 nitrogen and oxygen atoms in total. The fourth-order valence-corrected chi connectivity index (χ4v) is 3.98. The predicted molar refractivity (Wildman–Crippen MR) is 126 cm³/mol. The van der Waals surface area contributed by atoms with E-state index in [2.05, 4.69) is 31.9 Å². The van der Waals surface area contributed by atoms with Crippen molar-refractivity contribution in [2.45, 2.75) is 12.2 Å². The Bertz CT molecular complexity index is 1070. The van der Waals surface area contributed by atoms with Gasteiger partial charge in [0.25, 0.3) is 0 Å². The molecule has 0 radical (unpaired) electrons. The van der Waals surface area contributed by atoms with Crippen LogP contribution in [0.3, 0.4) is 0 Å². The number of benzene rings is 4. The van der Waals surface area contributed by atoms with Crippen molar-refractivity contribution in [1.29, 1.82) is 0 Å². The Morgan fingerprint density at radius 2 is 0.871 bits per heavy atom. The average molecular weight is 544 g/mol. The molecule has 0 spiro atoms. The molecule has 5 heteroatoms. The molecule has 156 valence electrons. The molecule has 0 saturated carbocycles. The molecule has 0 amide bonds. The van der Waals surface area contributed by atoms with Crippen molar-refractivity contribution in [3.8, 4) is 0 Å². The molecule has 2 atom stereocenters. The van der Waals surface area contributed by atoms with E-state index < -0.39 is 12.2 Å². The Balaban J connectivity index is 1.84. The lowest BCUT2D eigenvalue weighted by molar-refractivity contribution is 0.0270. The van der Waals surface area contributed by atoms with E-state index >= 15 is 0 Å². The van der Waals surface area contributed by atoms with Crippen molar-refractivity contribution in [1.82, 2.24) is 0 Å². The van der Waals surface area contributed by atoms with E-state index in [1.165, 1.54) is 12.1 Å². The topological polar surface area (TPSA) is 9.23 Å². The van der Waals surface area contributed by atoms with E-state index in [9.17, 15) is 8.78 Å². The highest BCUT2D eigenvalue weighted by Gasteiger charge is 2.27. The predicted octanol–water partition coefficient (Wildman–Crippen LogP) is 8.39. The number of ether oxygens (including phenoxy) is 1. The summed E-state index contributed by atoms with van der Waals surface area (Å²) in [7, 11) is 0. The van der Waals surface area contributed by atoms with E-state index in [0.717, 1.165) is 20.1 Å². The summed E-state index contributed by atoms with van der Waals surface area (Å²) in [4.78, 5) is 0. The van der Waals surface area contributed by atoms with Crippen LogP contribution in [0.4, 0.5) is 8.78 Å². The molecule has 0 aliphatic heterocycles. The van der Waals surface area contributed by atoms with Gasteiger partial charge in [0.2, 0.25) is 0 Å². The highest BCUT2D eigenvalue weighted by Crippen LogP contribution is 2.38. The van der Waals surface area contributed by atoms with E-state index in [1.807, 2.05) is 48.5 Å². The Kier molecular flexibility index (Phi) is 6.96. The van der Waals surface area contributed by atoms with Crippen LogP contribution in [0.5, 0.6) is 0 Å². The molecule has 2 unspecified atom stereocenters. The van der Waals surface area contributed by atoms with Gasteiger partial charge in [0.15, 0.2) is 0 Å². The average Bonchev–Trinajstić information content (AvgIpc) is 2.78. The summed E-state index contributed by atoms with van der Waals surface area (Å²) >= 11 is 6.87. The summed E-state index contributed by atoms with van der Waals surface area (Å²) < 4.78 is 38.0. The number of rotatable bonds is 6. The molecule has 4 aromatic rings. The number of hydrogen-bond acceptors (Lipinski definition) is 1. The van der Waals surface area contributed by atoms with Crippen molar-refractivity contribution >= 4 is 31.9 Å². The van der Waals surface area contributed by atoms with Gasteiger partial charge in [-0.3, -0.25) is 0 Å². The first-order chi connectivity index (χ1) is 15.0. The summed E-state index contributed by atoms with van der Waals surface area (Å²) in [5.74, 6) is -0.753. The lowest BCUT2D eigenvalue weighted by Crippen LogP contribution is -2.15. The Labute approximate surface area is 197 Å². The molecule has 31 heavy (non-hydrogen) atoms. The summed E-state index contributed by atoms with van der Waals surface area (Å²) in [5, 5.41) is 0. The lowest BCUT2D eigenvalue weighted by Gasteiger charge is -2.27. The third kappa shape index (κ3) is 5.12. The van der Waals surface area contributed by atoms with E-state index in [1.54, 1.807) is 36.4 Å². The van der Waals surface area contributed by atoms with Gasteiger partial charge in [-0.25, -0.2) is 8.78 Å². The van der Waals surface area contributed by atoms with Crippen molar-refractivity contribution in [3.05, 3.63) is 140 Å². The summed E-state index contributed by atoms with van der Waals surface area (Å²) in [6, 6.07) is 28.0. The maximum Gasteiger partial charge on any atom is 0.129 e. The molecular weight excluding hydrogens is 526 g/mol. The largest absolute Gasteiger partial charge is 0.356 e. The lowest BCUT2D eigenvalue weighted by atomic mass is 9.97. The normalized spacial score (nSPS) is 13.0. The standard InChI is InChI=1S/C26H18Br2F2O/c27-19-13-9-17(10-14-19)25(21-5-1-3-7-23(21)29)31-26(18-11-15-20(28)16-12-18)22-6-2-4-8-24(22)30/h1-16,25-26H. The van der Waals surface area contributed by atoms with Crippen molar-refractivity contribution in [2.75, 3.05) is 0 Å². The highest BCUT2D eigenvalue weighted by molar-refractivity contribution is 9.10. The third-order valence-electron chi connectivity index (χ3n) is 4.99. The van der Waals surface area contributed by atoms with Crippen LogP contribution in [0.2, 0.25) is 0 Å². The Hall–Kier alpha value is -2.34. The maximum absolute atomic E-state index is 14.8. The zero-order valence-electron chi connectivity index (χ0n) is 16.3. The molecular formula is C26H18Br2F2O. The van der Waals surface area contributed by atoms with Crippen LogP contribution in [-0.2, 0) is 4.74 Å². The van der Waals surface area contributed by atoms with Crippen molar-refractivity contribution < 1.29 is 13.5 Å². The SMILES string of the molecule is Fc1ccccc1C(OC(c1ccc(Br)cc1)c1ccccc1F)c1ccc(Br)cc1. The molecule has 0 aliphatic carbocycles. The molecule has 0 N–H and O–H groups in total. The van der Waals surface area contributed by atoms with Crippen molar-refractivity contribution in [2.24, 2.45) is 0 Å². The minimum atomic E-state index is -0.734. The molecule has 0 aromatic heterocycles. The highest BCUT2D eigenvalue weighted by atomic mass is 79.9. The minimum absolute atomic E-state index is 0.376. The fraction of sp³-hybridized carbons (Fsp3) is 0.0769. The summed E-state index contributed by atoms with van der Waals surface area (Å²) in [5.41, 5.74) is 2.32. The monoisotopic (exact) mass is 542 g/mol. The van der Waals surface area contributed by atoms with E-state index in [0.29, 0.717) is 11.1 Å². The van der Waals surface area contributed by atoms with Gasteiger partial charge in [-0.1, -0.05) is 92.5 Å². The van der Waals surface area contributed by atoms with Gasteiger partial charge in [-0.05, 0) is 47.5 Å². The smallest absolute Gasteiger partial charge is 0.129 e. The van der Waals surface area contributed by atoms with Crippen molar-refractivity contribution in [3.63, 3.8) is 0 Å². The van der Waals surface area contributed by atoms with Gasteiger partial charge in [-0.2, -0.15) is 0 Å². The third-order valence-corrected chi connectivity index (χ3v) is 6.05. The van der Waals surface area contributed by atoms with Crippen LogP contribution in [-0.4, -0.2) is 0 Å². The first-order valence-corrected chi connectivity index (χ1v) is 11.3. The van der Waals surface area contributed by atoms with Crippen LogP contribution in [0.25, 0.3) is 0 Å². The van der Waals surface area contributed by atoms with E-state index in [-0.39, 0.29) is 11.6 Å². The van der Waals surface area contributed by atoms with Gasteiger partial charge in [-0.15, -0.1) is 0 Å². The zero-order chi connectivity index (χ0) is 21.8. The van der Waals surface area contributed by atoms with Crippen LogP contribution in [0, 0.1) is 11.6 Å². The molecule has 0 saturated heterocycles. The van der Waals surface area contributed by atoms with Gasteiger partial charge in [0, 0.05) is 20.1 Å². The number of hydrogen-bond donors (Lipinski definition) is 0. The zero-order valence-corrected chi connectivity index (χ0v) is 19.5. The van der Waals surface area contributed by atoms with Crippen LogP contribution >= 0.6 is 31.9 Å². The summed E-state index contributed by atoms with van der Waals surface area (Å²) in [6.45, 7) is 0. The fourth-order valence-electron chi connectivity index (χ4n) is 3.45. The molecule has 4 aromatic carbocycles. The second-order valence-corrected chi connectivity index (χ2v) is 8.87. The molecule has 0 heterocycles. The molecule has 0 aliphatic rings. The molecule has 0 bridgehead atoms. The summed E-state index contributed by atoms with van der Waals surface area (Å²) in [6.07, 6.45) is -1.47. The van der Waals surface area contributed by atoms with E-state index in [4.69, 9.17) is 4.74 Å². The first-order valence-electron chi connectivity index (χ1n) is 9.68. The quantitative estimate of drug-likeness (QED) is 0.237. The second-order valence-electron chi connectivity index (χ2n) is 7.04. The van der Waals surface area contributed by atoms with Gasteiger partial charge in [0.05, 0.1) is 0 Å². The number of halogens is 4. The van der Waals surface area contributed by atoms with Crippen LogP contribution < -0.4 is 0 Å². The minimum Gasteiger partial charge on any atom is -0.356 e. The Morgan fingerprint density at radius 1 is 0.516 bits per heavy atom. The molecule has 0 fully saturated rings. The maximum atomic E-state index is 14.8. The van der Waals surface area contributed by atoms with Gasteiger partial charge < -0.3 is 4.74 Å². The molecule has 4 rings (SSSR count). The van der Waals surface area contributed by atoms with Gasteiger partial charge >= 0.3 is 0 Å². The van der Waals surface area contributed by atoms with Crippen LogP contribution in [0.15, 0.2) is 106 Å². The van der Waals surface area contributed by atoms with Crippen LogP contribution in [0.1, 0.15) is 34.5 Å². The first kappa shape index (κ1) is 21.9. The Morgan fingerprint density at radius 3 is 1.23 bits per heavy atom. The van der Waals surface area contributed by atoms with Gasteiger partial charge in [0.1, 0.15) is 23.8 Å².